The maximum Gasteiger partial charge on any atom is 1.00 e. The Morgan fingerprint density at radius 2 is 0.750 bits per heavy atom. The van der Waals surface area contributed by atoms with Crippen LogP contribution in [0.2, 0.25) is 0 Å². The molecule has 0 rings (SSSR count). The third-order valence-corrected chi connectivity index (χ3v) is 0. The standard InChI is InChI=1S/2CH.K.H2N/h2*1H;;1H2/q2*-1;+1;-1. The quantitative estimate of drug-likeness (QED) is 0.242. The first-order valence-electron chi connectivity index (χ1n) is 0. The molecule has 0 aliphatic rings. The zero-order valence-electron chi connectivity index (χ0n) is 2.73. The number of rotatable bonds is 0. The van der Waals surface area contributed by atoms with E-state index in [1.165, 1.54) is 0 Å². The second-order valence-electron chi connectivity index (χ2n) is 0. The summed E-state index contributed by atoms with van der Waals surface area (Å²) >= 11 is 0. The largest absolute Gasteiger partial charge is 1.00 e. The predicted molar refractivity (Wildman–Crippen MR) is 13.9 cm³/mol. The van der Waals surface area contributed by atoms with Gasteiger partial charge in [-0.15, -0.1) is 0 Å². The monoisotopic (exact) mass is 81.0 g/mol. The van der Waals surface area contributed by atoms with Gasteiger partial charge in [0.25, 0.3) is 0 Å². The minimum absolute atomic E-state index is 0. The van der Waals surface area contributed by atoms with Crippen molar-refractivity contribution in [2.75, 3.05) is 0 Å². The molecule has 0 aromatic carbocycles. The van der Waals surface area contributed by atoms with Crippen LogP contribution in [-0.4, -0.2) is 0 Å². The van der Waals surface area contributed by atoms with E-state index in [0.717, 1.165) is 0 Å². The van der Waals surface area contributed by atoms with Crippen molar-refractivity contribution in [1.82, 2.24) is 0 Å². The van der Waals surface area contributed by atoms with Gasteiger partial charge >= 0.3 is 51.4 Å². The molecule has 0 bridgehead atoms. The molecule has 0 heterocycles. The van der Waals surface area contributed by atoms with Gasteiger partial charge in [0.2, 0.25) is 0 Å². The van der Waals surface area contributed by atoms with Crippen LogP contribution in [0.4, 0.5) is 0 Å². The van der Waals surface area contributed by atoms with E-state index in [0.29, 0.717) is 0 Å². The van der Waals surface area contributed by atoms with Gasteiger partial charge in [-0.05, 0) is 0 Å². The number of hydrogen-bond acceptors (Lipinski definition) is 0. The van der Waals surface area contributed by atoms with E-state index in [9.17, 15) is 0 Å². The van der Waals surface area contributed by atoms with E-state index >= 15 is 0 Å². The first-order chi connectivity index (χ1) is 0. The van der Waals surface area contributed by atoms with Crippen molar-refractivity contribution in [3.8, 4) is 0 Å². The van der Waals surface area contributed by atoms with Gasteiger partial charge in [0, 0.05) is 0 Å². The average Bonchev–Trinajstić information content (AvgIpc) is 0. The minimum atomic E-state index is 0. The fraction of sp³-hybridized carbons (Fsp3) is 0. The molecule has 2 N–H and O–H groups in total. The Bertz CT molecular complexity index is 6.00. The zero-order valence-corrected chi connectivity index (χ0v) is 5.86. The van der Waals surface area contributed by atoms with E-state index in [1.807, 2.05) is 0 Å². The molecular formula is C2H4KN-2. The Morgan fingerprint density at radius 1 is 0.750 bits per heavy atom. The molecule has 0 saturated carbocycles. The molecule has 0 spiro atoms. The molecule has 4 radical (unpaired) electrons. The molecule has 0 atom stereocenters. The van der Waals surface area contributed by atoms with Crippen LogP contribution in [0.1, 0.15) is 0 Å². The molecule has 0 amide bonds. The van der Waals surface area contributed by atoms with Gasteiger partial charge < -0.3 is 21.0 Å². The molecule has 0 aliphatic heterocycles. The molecule has 0 unspecified atom stereocenters. The summed E-state index contributed by atoms with van der Waals surface area (Å²) < 4.78 is 0. The van der Waals surface area contributed by atoms with Crippen LogP contribution in [0.25, 0.3) is 6.15 Å². The van der Waals surface area contributed by atoms with E-state index in [2.05, 4.69) is 0 Å². The molecule has 0 fully saturated rings. The van der Waals surface area contributed by atoms with Crippen molar-refractivity contribution < 1.29 is 51.4 Å². The average molecular weight is 81.2 g/mol. The zero-order chi connectivity index (χ0) is 0. The number of hydrogen-bond donors (Lipinski definition) is 0. The van der Waals surface area contributed by atoms with Crippen LogP contribution in [0, 0.1) is 14.9 Å². The fourth-order valence-corrected chi connectivity index (χ4v) is 0. The van der Waals surface area contributed by atoms with Crippen molar-refractivity contribution >= 4 is 0 Å². The van der Waals surface area contributed by atoms with Gasteiger partial charge in [-0.1, -0.05) is 0 Å². The van der Waals surface area contributed by atoms with Gasteiger partial charge in [-0.3, -0.25) is 0 Å². The van der Waals surface area contributed by atoms with Gasteiger partial charge in [0.15, 0.2) is 0 Å². The first kappa shape index (κ1) is 46.4. The Kier molecular flexibility index (Phi) is 271. The van der Waals surface area contributed by atoms with E-state index < -0.39 is 0 Å². The molecule has 2 heteroatoms. The van der Waals surface area contributed by atoms with E-state index in [-0.39, 0.29) is 72.4 Å². The normalized spacial score (nSPS) is 0. The summed E-state index contributed by atoms with van der Waals surface area (Å²) in [5.74, 6) is 0. The van der Waals surface area contributed by atoms with Crippen LogP contribution in [0.15, 0.2) is 0 Å². The SMILES string of the molecule is [CH-].[CH-].[K+].[NH2-]. The van der Waals surface area contributed by atoms with Crippen molar-refractivity contribution in [2.45, 2.75) is 0 Å². The van der Waals surface area contributed by atoms with E-state index in [4.69, 9.17) is 0 Å². The summed E-state index contributed by atoms with van der Waals surface area (Å²) in [7, 11) is 0. The van der Waals surface area contributed by atoms with Crippen molar-refractivity contribution in [3.63, 3.8) is 0 Å². The van der Waals surface area contributed by atoms with Gasteiger partial charge in [0.1, 0.15) is 0 Å². The fourth-order valence-electron chi connectivity index (χ4n) is 0. The van der Waals surface area contributed by atoms with Crippen LogP contribution < -0.4 is 51.4 Å². The summed E-state index contributed by atoms with van der Waals surface area (Å²) in [5.41, 5.74) is 0. The molecule has 0 aromatic rings. The molecular weight excluding hydrogens is 77.1 g/mol. The van der Waals surface area contributed by atoms with Crippen molar-refractivity contribution in [1.29, 1.82) is 0 Å². The Balaban J connectivity index is 0. The van der Waals surface area contributed by atoms with Gasteiger partial charge in [-0.25, -0.2) is 0 Å². The molecule has 0 aromatic heterocycles. The predicted octanol–water partition coefficient (Wildman–Crippen LogP) is -1.87. The molecule has 20 valence electrons. The van der Waals surface area contributed by atoms with E-state index in [1.54, 1.807) is 0 Å². The van der Waals surface area contributed by atoms with Crippen LogP contribution in [-0.2, 0) is 0 Å². The van der Waals surface area contributed by atoms with Gasteiger partial charge in [-0.2, -0.15) is 0 Å². The summed E-state index contributed by atoms with van der Waals surface area (Å²) in [6.45, 7) is 0. The van der Waals surface area contributed by atoms with Crippen LogP contribution >= 0.6 is 0 Å². The van der Waals surface area contributed by atoms with Gasteiger partial charge in [0.05, 0.1) is 0 Å². The second-order valence-corrected chi connectivity index (χ2v) is 0. The number of nitrogens with two attached hydrogens (primary N) is 1. The molecule has 1 nitrogen and oxygen atoms in total. The Hall–Kier alpha value is 1.60. The molecule has 0 aliphatic carbocycles. The summed E-state index contributed by atoms with van der Waals surface area (Å²) in [6, 6.07) is 0. The molecule has 4 heavy (non-hydrogen) atoms. The minimum Gasteiger partial charge on any atom is -0.726 e. The maximum atomic E-state index is 0. The maximum absolute atomic E-state index is 0. The third kappa shape index (κ3) is 9.51. The Morgan fingerprint density at radius 3 is 0.750 bits per heavy atom. The Labute approximate surface area is 71.2 Å². The summed E-state index contributed by atoms with van der Waals surface area (Å²) in [4.78, 5) is 0. The first-order valence-corrected chi connectivity index (χ1v) is 0. The summed E-state index contributed by atoms with van der Waals surface area (Å²) in [6.07, 6.45) is 0. The van der Waals surface area contributed by atoms with Crippen molar-refractivity contribution in [3.05, 3.63) is 21.0 Å². The van der Waals surface area contributed by atoms with Crippen molar-refractivity contribution in [2.24, 2.45) is 0 Å². The third-order valence-electron chi connectivity index (χ3n) is 0. The molecule has 0 saturated heterocycles. The van der Waals surface area contributed by atoms with Crippen LogP contribution in [0.5, 0.6) is 0 Å². The van der Waals surface area contributed by atoms with Crippen LogP contribution in [0.3, 0.4) is 0 Å². The second kappa shape index (κ2) is 23.3. The topological polar surface area (TPSA) is 33.5 Å². The smallest absolute Gasteiger partial charge is 0.726 e. The summed E-state index contributed by atoms with van der Waals surface area (Å²) in [5, 5.41) is 0.